The van der Waals surface area contributed by atoms with Crippen molar-refractivity contribution in [1.82, 2.24) is 5.32 Å². The van der Waals surface area contributed by atoms with E-state index in [2.05, 4.69) is 5.32 Å². The number of rotatable bonds is 5. The van der Waals surface area contributed by atoms with Crippen LogP contribution in [-0.2, 0) is 19.4 Å². The second-order valence-electron chi connectivity index (χ2n) is 6.33. The van der Waals surface area contributed by atoms with Gasteiger partial charge in [0.1, 0.15) is 5.54 Å². The van der Waals surface area contributed by atoms with Crippen LogP contribution in [0.1, 0.15) is 42.5 Å². The minimum atomic E-state index is -3.76. The average Bonchev–Trinajstić information content (AvgIpc) is 2.60. The third kappa shape index (κ3) is 4.18. The summed E-state index contributed by atoms with van der Waals surface area (Å²) in [5, 5.41) is 13.7. The fraction of sp³-hybridized carbons (Fsp3) is 0.500. The molecule has 0 heterocycles. The van der Waals surface area contributed by atoms with E-state index in [4.69, 9.17) is 4.74 Å². The maximum Gasteiger partial charge on any atom is 0.331 e. The Labute approximate surface area is 150 Å². The monoisotopic (exact) mass is 384 g/mol. The van der Waals surface area contributed by atoms with Gasteiger partial charge in [-0.05, 0) is 18.9 Å². The summed E-state index contributed by atoms with van der Waals surface area (Å²) in [7, 11) is -2.54. The minimum absolute atomic E-state index is 0.200. The van der Waals surface area contributed by atoms with Crippen molar-refractivity contribution in [3.63, 3.8) is 0 Å². The lowest BCUT2D eigenvalue weighted by atomic mass is 9.81. The Morgan fingerprint density at radius 3 is 2.31 bits per heavy atom. The highest BCUT2D eigenvalue weighted by atomic mass is 32.2. The predicted molar refractivity (Wildman–Crippen MR) is 91.5 cm³/mol. The highest BCUT2D eigenvalue weighted by Gasteiger charge is 2.42. The molecule has 9 nitrogen and oxygen atoms in total. The summed E-state index contributed by atoms with van der Waals surface area (Å²) in [6.07, 6.45) is 4.03. The molecule has 1 aliphatic rings. The fourth-order valence-electron chi connectivity index (χ4n) is 3.05. The molecule has 10 heteroatoms. The van der Waals surface area contributed by atoms with Crippen molar-refractivity contribution in [3.05, 3.63) is 33.9 Å². The molecule has 1 fully saturated rings. The number of nitrogens with one attached hydrogen (secondary N) is 1. The lowest BCUT2D eigenvalue weighted by Gasteiger charge is -2.35. The Morgan fingerprint density at radius 1 is 1.19 bits per heavy atom. The number of hydrogen-bond donors (Lipinski definition) is 1. The van der Waals surface area contributed by atoms with Crippen molar-refractivity contribution in [2.75, 3.05) is 13.4 Å². The summed E-state index contributed by atoms with van der Waals surface area (Å²) in [5.41, 5.74) is -1.93. The third-order valence-electron chi connectivity index (χ3n) is 4.43. The standard InChI is InChI=1S/C16H20N2O7S/c1-25-15(20)16(6-4-3-5-7-16)17-14(19)11-8-12(18(21)22)10-13(9-11)26(2,23)24/h8-10H,3-7H2,1-2H3,(H,17,19). The summed E-state index contributed by atoms with van der Waals surface area (Å²) >= 11 is 0. The van der Waals surface area contributed by atoms with Crippen LogP contribution < -0.4 is 5.32 Å². The van der Waals surface area contributed by atoms with E-state index in [-0.39, 0.29) is 10.5 Å². The number of ether oxygens (including phenoxy) is 1. The number of carbonyl (C=O) groups is 2. The maximum absolute atomic E-state index is 12.7. The Hall–Kier alpha value is -2.49. The first-order chi connectivity index (χ1) is 12.1. The molecule has 142 valence electrons. The molecule has 0 atom stereocenters. The second-order valence-corrected chi connectivity index (χ2v) is 8.35. The number of sulfone groups is 1. The van der Waals surface area contributed by atoms with Crippen LogP contribution >= 0.6 is 0 Å². The van der Waals surface area contributed by atoms with Crippen molar-refractivity contribution in [2.24, 2.45) is 0 Å². The first kappa shape index (κ1) is 19.8. The first-order valence-electron chi connectivity index (χ1n) is 7.99. The number of esters is 1. The van der Waals surface area contributed by atoms with E-state index >= 15 is 0 Å². The number of nitrogens with zero attached hydrogens (tertiary/aromatic N) is 1. The van der Waals surface area contributed by atoms with Crippen molar-refractivity contribution in [2.45, 2.75) is 42.5 Å². The number of nitro groups is 1. The summed E-state index contributed by atoms with van der Waals surface area (Å²) < 4.78 is 28.3. The van der Waals surface area contributed by atoms with Crippen LogP contribution in [0, 0.1) is 10.1 Å². The molecule has 0 radical (unpaired) electrons. The summed E-state index contributed by atoms with van der Waals surface area (Å²) in [6.45, 7) is 0. The fourth-order valence-corrected chi connectivity index (χ4v) is 3.73. The Balaban J connectivity index is 2.43. The molecule has 1 aromatic carbocycles. The normalized spacial score (nSPS) is 16.5. The van der Waals surface area contributed by atoms with Gasteiger partial charge in [-0.25, -0.2) is 13.2 Å². The molecule has 0 aliphatic heterocycles. The van der Waals surface area contributed by atoms with Gasteiger partial charge in [0.05, 0.1) is 16.9 Å². The van der Waals surface area contributed by atoms with E-state index in [1.54, 1.807) is 0 Å². The van der Waals surface area contributed by atoms with Gasteiger partial charge in [0, 0.05) is 24.0 Å². The van der Waals surface area contributed by atoms with Crippen LogP contribution in [0.4, 0.5) is 5.69 Å². The van der Waals surface area contributed by atoms with Crippen LogP contribution in [0.25, 0.3) is 0 Å². The van der Waals surface area contributed by atoms with Gasteiger partial charge < -0.3 is 10.1 Å². The molecule has 0 aromatic heterocycles. The van der Waals surface area contributed by atoms with Gasteiger partial charge in [-0.1, -0.05) is 19.3 Å². The van der Waals surface area contributed by atoms with Crippen LogP contribution in [0.3, 0.4) is 0 Å². The molecule has 0 unspecified atom stereocenters. The van der Waals surface area contributed by atoms with Gasteiger partial charge in [0.2, 0.25) is 0 Å². The summed E-state index contributed by atoms with van der Waals surface area (Å²) in [4.78, 5) is 34.8. The molecule has 1 N–H and O–H groups in total. The molecular formula is C16H20N2O7S. The largest absolute Gasteiger partial charge is 0.467 e. The highest BCUT2D eigenvalue weighted by molar-refractivity contribution is 7.90. The van der Waals surface area contributed by atoms with E-state index in [1.165, 1.54) is 7.11 Å². The number of carbonyl (C=O) groups excluding carboxylic acids is 2. The number of methoxy groups -OCH3 is 1. The number of amides is 1. The van der Waals surface area contributed by atoms with E-state index in [0.29, 0.717) is 12.8 Å². The lowest BCUT2D eigenvalue weighted by Crippen LogP contribution is -2.56. The number of nitro benzene ring substituents is 1. The molecule has 1 saturated carbocycles. The smallest absolute Gasteiger partial charge is 0.331 e. The zero-order chi connectivity index (χ0) is 19.5. The molecule has 0 spiro atoms. The average molecular weight is 384 g/mol. The zero-order valence-electron chi connectivity index (χ0n) is 14.5. The summed E-state index contributed by atoms with van der Waals surface area (Å²) in [5.74, 6) is -1.34. The molecular weight excluding hydrogens is 364 g/mol. The molecule has 2 rings (SSSR count). The van der Waals surface area contributed by atoms with Crippen LogP contribution in [0.15, 0.2) is 23.1 Å². The van der Waals surface area contributed by atoms with Crippen molar-refractivity contribution < 1.29 is 27.7 Å². The van der Waals surface area contributed by atoms with E-state index < -0.39 is 37.9 Å². The van der Waals surface area contributed by atoms with Gasteiger partial charge >= 0.3 is 5.97 Å². The molecule has 1 aliphatic carbocycles. The quantitative estimate of drug-likeness (QED) is 0.463. The molecule has 1 amide bonds. The number of hydrogen-bond acceptors (Lipinski definition) is 7. The molecule has 0 saturated heterocycles. The van der Waals surface area contributed by atoms with E-state index in [0.717, 1.165) is 43.7 Å². The van der Waals surface area contributed by atoms with Crippen molar-refractivity contribution >= 4 is 27.4 Å². The van der Waals surface area contributed by atoms with Crippen LogP contribution in [0.2, 0.25) is 0 Å². The maximum atomic E-state index is 12.7. The van der Waals surface area contributed by atoms with Gasteiger partial charge in [0.25, 0.3) is 11.6 Å². The first-order valence-corrected chi connectivity index (χ1v) is 9.89. The number of benzene rings is 1. The molecule has 1 aromatic rings. The number of non-ortho nitro benzene ring substituents is 1. The van der Waals surface area contributed by atoms with Crippen molar-refractivity contribution in [3.8, 4) is 0 Å². The summed E-state index contributed by atoms with van der Waals surface area (Å²) in [6, 6.07) is 2.94. The van der Waals surface area contributed by atoms with Gasteiger partial charge in [-0.3, -0.25) is 14.9 Å². The van der Waals surface area contributed by atoms with Gasteiger partial charge in [0.15, 0.2) is 9.84 Å². The minimum Gasteiger partial charge on any atom is -0.467 e. The SMILES string of the molecule is COC(=O)C1(NC(=O)c2cc([N+](=O)[O-])cc(S(C)(=O)=O)c2)CCCCC1. The van der Waals surface area contributed by atoms with E-state index in [1.807, 2.05) is 0 Å². The second kappa shape index (κ2) is 7.40. The van der Waals surface area contributed by atoms with Gasteiger partial charge in [-0.2, -0.15) is 0 Å². The molecule has 0 bridgehead atoms. The Morgan fingerprint density at radius 2 is 1.81 bits per heavy atom. The Bertz CT molecular complexity index is 842. The highest BCUT2D eigenvalue weighted by Crippen LogP contribution is 2.30. The third-order valence-corrected chi connectivity index (χ3v) is 5.52. The van der Waals surface area contributed by atoms with Crippen molar-refractivity contribution in [1.29, 1.82) is 0 Å². The topological polar surface area (TPSA) is 133 Å². The predicted octanol–water partition coefficient (Wildman–Crippen LogP) is 1.60. The lowest BCUT2D eigenvalue weighted by molar-refractivity contribution is -0.385. The zero-order valence-corrected chi connectivity index (χ0v) is 15.3. The van der Waals surface area contributed by atoms with Gasteiger partial charge in [-0.15, -0.1) is 0 Å². The molecule has 26 heavy (non-hydrogen) atoms. The Kier molecular flexibility index (Phi) is 5.65. The van der Waals surface area contributed by atoms with Crippen LogP contribution in [-0.4, -0.2) is 44.1 Å². The van der Waals surface area contributed by atoms with Crippen LogP contribution in [0.5, 0.6) is 0 Å². The van der Waals surface area contributed by atoms with E-state index in [9.17, 15) is 28.1 Å².